The number of unbranched alkanes of at least 4 members (excludes halogenated alkanes) is 1. The first-order valence-corrected chi connectivity index (χ1v) is 10.9. The molecule has 1 fully saturated rings. The number of nitrogens with zero attached hydrogens (tertiary/aromatic N) is 1. The van der Waals surface area contributed by atoms with Crippen LogP contribution in [0, 0.1) is 6.92 Å². The monoisotopic (exact) mass is 418 g/mol. The summed E-state index contributed by atoms with van der Waals surface area (Å²) in [5.41, 5.74) is 2.88. The molecule has 1 aromatic carbocycles. The van der Waals surface area contributed by atoms with Gasteiger partial charge < -0.3 is 10.1 Å². The summed E-state index contributed by atoms with van der Waals surface area (Å²) in [5.74, 6) is 0.353. The van der Waals surface area contributed by atoms with Crippen LogP contribution in [0.25, 0.3) is 6.08 Å². The van der Waals surface area contributed by atoms with Crippen LogP contribution in [-0.4, -0.2) is 41.6 Å². The van der Waals surface area contributed by atoms with Crippen molar-refractivity contribution in [2.75, 3.05) is 19.7 Å². The van der Waals surface area contributed by atoms with Gasteiger partial charge in [-0.25, -0.2) is 0 Å². The highest BCUT2D eigenvalue weighted by molar-refractivity contribution is 8.18. The van der Waals surface area contributed by atoms with Crippen LogP contribution < -0.4 is 10.1 Å². The second-order valence-electron chi connectivity index (χ2n) is 7.31. The average Bonchev–Trinajstić information content (AvgIpc) is 2.91. The molecule has 2 rings (SSSR count). The van der Waals surface area contributed by atoms with E-state index >= 15 is 0 Å². The summed E-state index contributed by atoms with van der Waals surface area (Å²) in [6.45, 7) is 11.0. The van der Waals surface area contributed by atoms with Crippen molar-refractivity contribution >= 4 is 34.9 Å². The Morgan fingerprint density at radius 1 is 1.28 bits per heavy atom. The Balaban J connectivity index is 2.22. The van der Waals surface area contributed by atoms with E-state index in [2.05, 4.69) is 19.2 Å². The maximum Gasteiger partial charge on any atom is 0.294 e. The standard InChI is InChI=1S/C22H30N2O4S/c1-6-8-9-23-20(25)13-24-21(26)19(29-22(24)27)12-16-11-17(14(3)4)18(28-7-2)10-15(16)5/h10-12,14H,6-9,13H2,1-5H3,(H,23,25)/b19-12-. The Morgan fingerprint density at radius 3 is 2.62 bits per heavy atom. The predicted molar refractivity (Wildman–Crippen MR) is 117 cm³/mol. The molecule has 1 aliphatic heterocycles. The van der Waals surface area contributed by atoms with E-state index in [1.54, 1.807) is 6.08 Å². The van der Waals surface area contributed by atoms with Gasteiger partial charge in [0.2, 0.25) is 5.91 Å². The fraction of sp³-hybridized carbons (Fsp3) is 0.500. The molecule has 0 unspecified atom stereocenters. The lowest BCUT2D eigenvalue weighted by molar-refractivity contribution is -0.129. The Bertz CT molecular complexity index is 817. The number of imide groups is 1. The van der Waals surface area contributed by atoms with Crippen LogP contribution in [-0.2, 0) is 9.59 Å². The van der Waals surface area contributed by atoms with E-state index < -0.39 is 11.1 Å². The molecule has 0 aromatic heterocycles. The molecule has 0 spiro atoms. The number of amides is 3. The van der Waals surface area contributed by atoms with Gasteiger partial charge in [0.05, 0.1) is 11.5 Å². The quantitative estimate of drug-likeness (QED) is 0.473. The van der Waals surface area contributed by atoms with Crippen molar-refractivity contribution in [3.63, 3.8) is 0 Å². The van der Waals surface area contributed by atoms with Gasteiger partial charge in [-0.15, -0.1) is 0 Å². The molecule has 6 nitrogen and oxygen atoms in total. The molecule has 7 heteroatoms. The maximum atomic E-state index is 12.7. The highest BCUT2D eigenvalue weighted by Crippen LogP contribution is 2.35. The summed E-state index contributed by atoms with van der Waals surface area (Å²) in [6, 6.07) is 3.98. The lowest BCUT2D eigenvalue weighted by atomic mass is 9.96. The van der Waals surface area contributed by atoms with Gasteiger partial charge in [0.15, 0.2) is 0 Å². The minimum atomic E-state index is -0.426. The van der Waals surface area contributed by atoms with Crippen molar-refractivity contribution in [2.24, 2.45) is 0 Å². The zero-order valence-corrected chi connectivity index (χ0v) is 18.6. The molecule has 0 saturated carbocycles. The Kier molecular flexibility index (Phi) is 8.32. The van der Waals surface area contributed by atoms with Crippen molar-refractivity contribution in [3.8, 4) is 5.75 Å². The number of thioether (sulfide) groups is 1. The zero-order valence-electron chi connectivity index (χ0n) is 17.8. The minimum absolute atomic E-state index is 0.245. The van der Waals surface area contributed by atoms with Crippen LogP contribution in [0.2, 0.25) is 0 Å². The summed E-state index contributed by atoms with van der Waals surface area (Å²) in [5, 5.41) is 2.32. The third kappa shape index (κ3) is 5.85. The van der Waals surface area contributed by atoms with Crippen molar-refractivity contribution in [1.29, 1.82) is 0 Å². The molecule has 0 aliphatic carbocycles. The second-order valence-corrected chi connectivity index (χ2v) is 8.30. The molecule has 1 aromatic rings. The first-order valence-electron chi connectivity index (χ1n) is 10.1. The normalized spacial score (nSPS) is 15.5. The Labute approximate surface area is 177 Å². The largest absolute Gasteiger partial charge is 0.494 e. The molecular formula is C22H30N2O4S. The summed E-state index contributed by atoms with van der Waals surface area (Å²) >= 11 is 0.872. The first-order chi connectivity index (χ1) is 13.8. The van der Waals surface area contributed by atoms with Crippen LogP contribution >= 0.6 is 11.8 Å². The number of hydrogen-bond acceptors (Lipinski definition) is 5. The number of nitrogens with one attached hydrogen (secondary N) is 1. The molecule has 0 bridgehead atoms. The zero-order chi connectivity index (χ0) is 21.6. The Hall–Kier alpha value is -2.28. The SMILES string of the molecule is CCCCNC(=O)CN1C(=O)S/C(=C\c2cc(C(C)C)c(OCC)cc2C)C1=O. The molecule has 1 saturated heterocycles. The van der Waals surface area contributed by atoms with Crippen molar-refractivity contribution in [2.45, 2.75) is 53.4 Å². The van der Waals surface area contributed by atoms with Crippen LogP contribution in [0.15, 0.2) is 17.0 Å². The van der Waals surface area contributed by atoms with Gasteiger partial charge in [-0.3, -0.25) is 19.3 Å². The van der Waals surface area contributed by atoms with Gasteiger partial charge in [-0.1, -0.05) is 27.2 Å². The van der Waals surface area contributed by atoms with Gasteiger partial charge in [0, 0.05) is 6.54 Å². The van der Waals surface area contributed by atoms with Crippen molar-refractivity contribution in [1.82, 2.24) is 10.2 Å². The van der Waals surface area contributed by atoms with E-state index in [4.69, 9.17) is 4.74 Å². The number of aryl methyl sites for hydroxylation is 1. The third-order valence-electron chi connectivity index (χ3n) is 4.63. The number of hydrogen-bond donors (Lipinski definition) is 1. The maximum absolute atomic E-state index is 12.7. The van der Waals surface area contributed by atoms with E-state index in [0.717, 1.165) is 51.9 Å². The summed E-state index contributed by atoms with van der Waals surface area (Å²) in [4.78, 5) is 38.3. The van der Waals surface area contributed by atoms with Crippen LogP contribution in [0.1, 0.15) is 63.1 Å². The fourth-order valence-corrected chi connectivity index (χ4v) is 3.81. The van der Waals surface area contributed by atoms with Crippen LogP contribution in [0.3, 0.4) is 0 Å². The van der Waals surface area contributed by atoms with Gasteiger partial charge >= 0.3 is 0 Å². The molecular weight excluding hydrogens is 388 g/mol. The Morgan fingerprint density at radius 2 is 2.00 bits per heavy atom. The first kappa shape index (κ1) is 23.0. The highest BCUT2D eigenvalue weighted by atomic mass is 32.2. The molecule has 29 heavy (non-hydrogen) atoms. The van der Waals surface area contributed by atoms with Crippen molar-refractivity contribution in [3.05, 3.63) is 33.7 Å². The van der Waals surface area contributed by atoms with Gasteiger partial charge in [-0.05, 0) is 72.8 Å². The van der Waals surface area contributed by atoms with Crippen LogP contribution in [0.4, 0.5) is 4.79 Å². The number of rotatable bonds is 9. The van der Waals surface area contributed by atoms with E-state index in [-0.39, 0.29) is 18.4 Å². The highest BCUT2D eigenvalue weighted by Gasteiger charge is 2.36. The molecule has 0 atom stereocenters. The van der Waals surface area contributed by atoms with Gasteiger partial charge in [0.25, 0.3) is 11.1 Å². The lowest BCUT2D eigenvalue weighted by Gasteiger charge is -2.16. The number of carbonyl (C=O) groups is 3. The number of ether oxygens (including phenoxy) is 1. The molecule has 3 amide bonds. The summed E-state index contributed by atoms with van der Waals surface area (Å²) in [6.07, 6.45) is 3.56. The topological polar surface area (TPSA) is 75.7 Å². The molecule has 1 N–H and O–H groups in total. The molecule has 158 valence electrons. The molecule has 0 radical (unpaired) electrons. The van der Waals surface area contributed by atoms with E-state index in [1.807, 2.05) is 32.9 Å². The lowest BCUT2D eigenvalue weighted by Crippen LogP contribution is -2.39. The smallest absolute Gasteiger partial charge is 0.294 e. The van der Waals surface area contributed by atoms with Gasteiger partial charge in [0.1, 0.15) is 12.3 Å². The fourth-order valence-electron chi connectivity index (χ4n) is 2.98. The van der Waals surface area contributed by atoms with Crippen molar-refractivity contribution < 1.29 is 19.1 Å². The van der Waals surface area contributed by atoms with E-state index in [0.29, 0.717) is 18.1 Å². The van der Waals surface area contributed by atoms with Gasteiger partial charge in [-0.2, -0.15) is 0 Å². The predicted octanol–water partition coefficient (Wildman–Crippen LogP) is 4.47. The summed E-state index contributed by atoms with van der Waals surface area (Å²) in [7, 11) is 0. The number of benzene rings is 1. The minimum Gasteiger partial charge on any atom is -0.494 e. The van der Waals surface area contributed by atoms with Crippen LogP contribution in [0.5, 0.6) is 5.75 Å². The van der Waals surface area contributed by atoms with E-state index in [9.17, 15) is 14.4 Å². The average molecular weight is 419 g/mol. The second kappa shape index (κ2) is 10.5. The number of carbonyl (C=O) groups excluding carboxylic acids is 3. The third-order valence-corrected chi connectivity index (χ3v) is 5.54. The van der Waals surface area contributed by atoms with E-state index in [1.165, 1.54) is 0 Å². The summed E-state index contributed by atoms with van der Waals surface area (Å²) < 4.78 is 5.74. The molecule has 1 heterocycles. The molecule has 1 aliphatic rings.